The fraction of sp³-hybridized carbons (Fsp3) is 0.375. The smallest absolute Gasteiger partial charge is 0.323 e. The minimum Gasteiger partial charge on any atom is -0.466 e. The predicted octanol–water partition coefficient (Wildman–Crippen LogP) is -0.161. The average Bonchev–Trinajstić information content (AvgIpc) is 2.52. The summed E-state index contributed by atoms with van der Waals surface area (Å²) in [6, 6.07) is 0. The molecule has 0 saturated carbocycles. The summed E-state index contributed by atoms with van der Waals surface area (Å²) in [5.41, 5.74) is -0.389. The molecule has 0 aliphatic rings. The van der Waals surface area contributed by atoms with Crippen molar-refractivity contribution in [1.82, 2.24) is 9.97 Å². The lowest BCUT2D eigenvalue weighted by Crippen LogP contribution is -2.12. The molecule has 0 amide bonds. The molecule has 1 aromatic rings. The Balaban J connectivity index is 2.59. The maximum Gasteiger partial charge on any atom is 0.323 e. The highest BCUT2D eigenvalue weighted by Crippen LogP contribution is 1.97. The molecule has 76 valence electrons. The van der Waals surface area contributed by atoms with Gasteiger partial charge in [0.25, 0.3) is 0 Å². The van der Waals surface area contributed by atoms with Crippen molar-refractivity contribution in [2.24, 2.45) is 0 Å². The van der Waals surface area contributed by atoms with Gasteiger partial charge in [0.15, 0.2) is 5.78 Å². The average molecular weight is 198 g/mol. The molecule has 0 aliphatic carbocycles. The molecule has 0 bridgehead atoms. The van der Waals surface area contributed by atoms with Crippen LogP contribution in [0.1, 0.15) is 23.8 Å². The van der Waals surface area contributed by atoms with Gasteiger partial charge in [-0.25, -0.2) is 4.79 Å². The van der Waals surface area contributed by atoms with Crippen LogP contribution in [-0.2, 0) is 9.53 Å². The third kappa shape index (κ3) is 2.58. The minimum absolute atomic E-state index is 0.0862. The van der Waals surface area contributed by atoms with Gasteiger partial charge in [0.2, 0.25) is 0 Å². The van der Waals surface area contributed by atoms with Gasteiger partial charge in [0, 0.05) is 6.20 Å². The van der Waals surface area contributed by atoms with E-state index in [0.29, 0.717) is 0 Å². The molecule has 1 heterocycles. The summed E-state index contributed by atoms with van der Waals surface area (Å²) in [7, 11) is 0. The highest BCUT2D eigenvalue weighted by molar-refractivity contribution is 6.04. The molecule has 6 heteroatoms. The van der Waals surface area contributed by atoms with Crippen LogP contribution in [0, 0.1) is 0 Å². The third-order valence-corrected chi connectivity index (χ3v) is 1.51. The van der Waals surface area contributed by atoms with E-state index in [9.17, 15) is 14.4 Å². The normalized spacial score (nSPS) is 9.79. The van der Waals surface area contributed by atoms with Gasteiger partial charge in [0.1, 0.15) is 12.1 Å². The highest BCUT2D eigenvalue weighted by atomic mass is 16.5. The molecule has 0 aromatic carbocycles. The topological polar surface area (TPSA) is 92.0 Å². The van der Waals surface area contributed by atoms with Gasteiger partial charge in [-0.1, -0.05) is 0 Å². The molecular formula is C8H10N2O4. The first-order valence-corrected chi connectivity index (χ1v) is 4.10. The number of aromatic nitrogens is 2. The predicted molar refractivity (Wildman–Crippen MR) is 47.0 cm³/mol. The van der Waals surface area contributed by atoms with Crippen molar-refractivity contribution >= 4 is 11.8 Å². The molecule has 0 fully saturated rings. The van der Waals surface area contributed by atoms with Crippen LogP contribution in [0.2, 0.25) is 0 Å². The van der Waals surface area contributed by atoms with Crippen molar-refractivity contribution in [3.05, 3.63) is 22.4 Å². The number of rotatable bonds is 4. The van der Waals surface area contributed by atoms with Crippen molar-refractivity contribution in [3.63, 3.8) is 0 Å². The second kappa shape index (κ2) is 4.40. The van der Waals surface area contributed by atoms with Crippen LogP contribution >= 0.6 is 0 Å². The first-order chi connectivity index (χ1) is 6.63. The lowest BCUT2D eigenvalue weighted by molar-refractivity contribution is -0.141. The third-order valence-electron chi connectivity index (χ3n) is 1.51. The van der Waals surface area contributed by atoms with Crippen LogP contribution in [0.5, 0.6) is 0 Å². The maximum absolute atomic E-state index is 11.3. The Morgan fingerprint density at radius 1 is 1.50 bits per heavy atom. The van der Waals surface area contributed by atoms with Crippen LogP contribution in [0.15, 0.2) is 11.0 Å². The summed E-state index contributed by atoms with van der Waals surface area (Å²) in [4.78, 5) is 37.3. The van der Waals surface area contributed by atoms with E-state index in [-0.39, 0.29) is 18.7 Å². The summed E-state index contributed by atoms with van der Waals surface area (Å²) in [6.07, 6.45) is 0.867. The van der Waals surface area contributed by atoms with Crippen molar-refractivity contribution in [2.45, 2.75) is 13.3 Å². The quantitative estimate of drug-likeness (QED) is 0.399. The molecular weight excluding hydrogens is 188 g/mol. The van der Waals surface area contributed by atoms with E-state index >= 15 is 0 Å². The van der Waals surface area contributed by atoms with Crippen molar-refractivity contribution in [1.29, 1.82) is 0 Å². The first-order valence-electron chi connectivity index (χ1n) is 4.10. The van der Waals surface area contributed by atoms with Crippen molar-refractivity contribution in [2.75, 3.05) is 6.61 Å². The largest absolute Gasteiger partial charge is 0.466 e. The minimum atomic E-state index is -0.598. The van der Waals surface area contributed by atoms with E-state index in [1.54, 1.807) is 6.92 Å². The Labute approximate surface area is 79.3 Å². The number of nitrogens with one attached hydrogen (secondary N) is 2. The fourth-order valence-corrected chi connectivity index (χ4v) is 0.921. The van der Waals surface area contributed by atoms with Crippen LogP contribution < -0.4 is 5.69 Å². The highest BCUT2D eigenvalue weighted by Gasteiger charge is 2.13. The Morgan fingerprint density at radius 3 is 2.71 bits per heavy atom. The molecule has 0 unspecified atom stereocenters. The number of aromatic amines is 2. The zero-order chi connectivity index (χ0) is 10.6. The molecule has 0 saturated heterocycles. The zero-order valence-corrected chi connectivity index (χ0v) is 7.62. The molecule has 14 heavy (non-hydrogen) atoms. The number of esters is 1. The zero-order valence-electron chi connectivity index (χ0n) is 7.62. The Kier molecular flexibility index (Phi) is 3.22. The van der Waals surface area contributed by atoms with Gasteiger partial charge in [-0.3, -0.25) is 9.59 Å². The van der Waals surface area contributed by atoms with Gasteiger partial charge >= 0.3 is 11.7 Å². The van der Waals surface area contributed by atoms with Gasteiger partial charge in [-0.05, 0) is 6.92 Å². The molecule has 0 atom stereocenters. The number of ether oxygens (including phenoxy) is 1. The molecule has 1 rings (SSSR count). The van der Waals surface area contributed by atoms with E-state index in [1.165, 1.54) is 6.20 Å². The number of hydrogen-bond donors (Lipinski definition) is 2. The first kappa shape index (κ1) is 10.2. The Hall–Kier alpha value is -1.85. The molecule has 0 spiro atoms. The van der Waals surface area contributed by atoms with Crippen LogP contribution in [-0.4, -0.2) is 28.3 Å². The summed E-state index contributed by atoms with van der Waals surface area (Å²) in [6.45, 7) is 1.89. The van der Waals surface area contributed by atoms with Crippen molar-refractivity contribution in [3.8, 4) is 0 Å². The molecule has 0 aliphatic heterocycles. The van der Waals surface area contributed by atoms with Crippen LogP contribution in [0.3, 0.4) is 0 Å². The number of Topliss-reactive ketones (excluding diaryl/α,β-unsaturated/α-hetero) is 1. The standard InChI is InChI=1S/C8H10N2O4/c1-2-14-7(12)3-6(11)5-4-9-8(13)10-5/h4H,2-3H2,1H3,(H2,9,10,13). The summed E-state index contributed by atoms with van der Waals surface area (Å²) in [5.74, 6) is -1.07. The van der Waals surface area contributed by atoms with Gasteiger partial charge in [-0.2, -0.15) is 0 Å². The lowest BCUT2D eigenvalue weighted by Gasteiger charge is -1.98. The van der Waals surface area contributed by atoms with Gasteiger partial charge < -0.3 is 14.7 Å². The van der Waals surface area contributed by atoms with E-state index in [2.05, 4.69) is 14.7 Å². The summed E-state index contributed by atoms with van der Waals surface area (Å²) in [5, 5.41) is 0. The van der Waals surface area contributed by atoms with Crippen molar-refractivity contribution < 1.29 is 14.3 Å². The number of carbonyl (C=O) groups is 2. The lowest BCUT2D eigenvalue weighted by atomic mass is 10.2. The number of hydrogen-bond acceptors (Lipinski definition) is 4. The van der Waals surface area contributed by atoms with E-state index in [0.717, 1.165) is 0 Å². The number of carbonyl (C=O) groups excluding carboxylic acids is 2. The van der Waals surface area contributed by atoms with Crippen LogP contribution in [0.25, 0.3) is 0 Å². The van der Waals surface area contributed by atoms with E-state index in [1.807, 2.05) is 0 Å². The van der Waals surface area contributed by atoms with E-state index < -0.39 is 17.4 Å². The van der Waals surface area contributed by atoms with Gasteiger partial charge in [0.05, 0.1) is 6.61 Å². The fourth-order valence-electron chi connectivity index (χ4n) is 0.921. The Bertz CT molecular complexity index is 390. The SMILES string of the molecule is CCOC(=O)CC(=O)c1c[nH]c(=O)[nH]1. The molecule has 2 N–H and O–H groups in total. The van der Waals surface area contributed by atoms with Crippen LogP contribution in [0.4, 0.5) is 0 Å². The second-order valence-corrected chi connectivity index (χ2v) is 2.56. The maximum atomic E-state index is 11.3. The molecule has 1 aromatic heterocycles. The number of ketones is 1. The van der Waals surface area contributed by atoms with E-state index in [4.69, 9.17) is 0 Å². The molecule has 0 radical (unpaired) electrons. The summed E-state index contributed by atoms with van der Waals surface area (Å²) >= 11 is 0. The summed E-state index contributed by atoms with van der Waals surface area (Å²) < 4.78 is 4.58. The Morgan fingerprint density at radius 2 is 2.21 bits per heavy atom. The number of imidazole rings is 1. The second-order valence-electron chi connectivity index (χ2n) is 2.56. The van der Waals surface area contributed by atoms with Gasteiger partial charge in [-0.15, -0.1) is 0 Å². The molecule has 6 nitrogen and oxygen atoms in total. The number of H-pyrrole nitrogens is 2. The monoisotopic (exact) mass is 198 g/mol.